The molecule has 0 aliphatic rings. The van der Waals surface area contributed by atoms with Crippen molar-refractivity contribution in [3.8, 4) is 6.07 Å². The fraction of sp³-hybridized carbons (Fsp3) is 0.222. The molecule has 2 rings (SSSR count). The third-order valence-electron chi connectivity index (χ3n) is 3.73. The molecular weight excluding hydrogens is 354 g/mol. The summed E-state index contributed by atoms with van der Waals surface area (Å²) in [6, 6.07) is 16.2. The molecular formula is C18H19N3O4S. The number of nitrogens with zero attached hydrogens (tertiary/aromatic N) is 2. The van der Waals surface area contributed by atoms with Gasteiger partial charge in [-0.15, -0.1) is 0 Å². The minimum atomic E-state index is -3.85. The van der Waals surface area contributed by atoms with Crippen molar-refractivity contribution < 1.29 is 18.3 Å². The Morgan fingerprint density at radius 3 is 2.38 bits per heavy atom. The van der Waals surface area contributed by atoms with Crippen LogP contribution in [0.2, 0.25) is 0 Å². The Labute approximate surface area is 152 Å². The van der Waals surface area contributed by atoms with Crippen molar-refractivity contribution in [1.29, 1.82) is 5.26 Å². The van der Waals surface area contributed by atoms with E-state index in [4.69, 9.17) is 5.26 Å². The summed E-state index contributed by atoms with van der Waals surface area (Å²) in [5.74, 6) is -0.528. The molecule has 0 spiro atoms. The summed E-state index contributed by atoms with van der Waals surface area (Å²) in [5, 5.41) is 21.3. The van der Waals surface area contributed by atoms with E-state index in [1.54, 1.807) is 24.3 Å². The lowest BCUT2D eigenvalue weighted by Crippen LogP contribution is -2.39. The molecule has 2 N–H and O–H groups in total. The lowest BCUT2D eigenvalue weighted by molar-refractivity contribution is -0.121. The molecule has 7 nitrogen and oxygen atoms in total. The van der Waals surface area contributed by atoms with Crippen LogP contribution in [0.25, 0.3) is 0 Å². The highest BCUT2D eigenvalue weighted by Crippen LogP contribution is 2.15. The van der Waals surface area contributed by atoms with Gasteiger partial charge in [-0.05, 0) is 29.8 Å². The zero-order valence-electron chi connectivity index (χ0n) is 14.2. The van der Waals surface area contributed by atoms with E-state index >= 15 is 0 Å². The number of aliphatic hydroxyl groups excluding tert-OH is 1. The number of rotatable bonds is 7. The van der Waals surface area contributed by atoms with Crippen molar-refractivity contribution in [2.75, 3.05) is 20.1 Å². The van der Waals surface area contributed by atoms with Gasteiger partial charge in [0.15, 0.2) is 0 Å². The number of nitriles is 1. The third kappa shape index (κ3) is 4.89. The van der Waals surface area contributed by atoms with E-state index in [-0.39, 0.29) is 18.0 Å². The van der Waals surface area contributed by atoms with Crippen LogP contribution in [0, 0.1) is 11.3 Å². The number of likely N-dealkylation sites (N-methyl/N-ethyl adjacent to an activating group) is 1. The predicted octanol–water partition coefficient (Wildman–Crippen LogP) is 1.03. The van der Waals surface area contributed by atoms with E-state index in [0.717, 1.165) is 4.31 Å². The zero-order chi connectivity index (χ0) is 19.2. The highest BCUT2D eigenvalue weighted by Gasteiger charge is 2.23. The first-order valence-electron chi connectivity index (χ1n) is 7.81. The molecule has 1 unspecified atom stereocenters. The van der Waals surface area contributed by atoms with Crippen LogP contribution < -0.4 is 5.32 Å². The molecule has 26 heavy (non-hydrogen) atoms. The molecule has 8 heteroatoms. The van der Waals surface area contributed by atoms with E-state index in [9.17, 15) is 18.3 Å². The van der Waals surface area contributed by atoms with Crippen LogP contribution in [-0.4, -0.2) is 43.9 Å². The zero-order valence-corrected chi connectivity index (χ0v) is 15.0. The van der Waals surface area contributed by atoms with E-state index in [0.29, 0.717) is 11.1 Å². The number of hydrogen-bond donors (Lipinski definition) is 2. The maximum atomic E-state index is 12.4. The molecule has 0 fully saturated rings. The largest absolute Gasteiger partial charge is 0.387 e. The molecule has 136 valence electrons. The number of hydrogen-bond acceptors (Lipinski definition) is 5. The second-order valence-electron chi connectivity index (χ2n) is 5.63. The second-order valence-corrected chi connectivity index (χ2v) is 7.67. The Morgan fingerprint density at radius 2 is 1.81 bits per heavy atom. The standard InChI is InChI=1S/C18H19N3O4S/c1-21(26(24,25)16-9-7-14(11-19)8-10-16)13-18(23)20-12-17(22)15-5-3-2-4-6-15/h2-10,17,22H,12-13H2,1H3,(H,20,23). The summed E-state index contributed by atoms with van der Waals surface area (Å²) < 4.78 is 25.8. The van der Waals surface area contributed by atoms with Gasteiger partial charge in [-0.2, -0.15) is 9.57 Å². The average molecular weight is 373 g/mol. The Morgan fingerprint density at radius 1 is 1.19 bits per heavy atom. The number of nitrogens with one attached hydrogen (secondary N) is 1. The van der Waals surface area contributed by atoms with Gasteiger partial charge < -0.3 is 10.4 Å². The van der Waals surface area contributed by atoms with E-state index < -0.39 is 22.0 Å². The number of benzene rings is 2. The summed E-state index contributed by atoms with van der Waals surface area (Å²) in [5.41, 5.74) is 1.01. The topological polar surface area (TPSA) is 110 Å². The van der Waals surface area contributed by atoms with Gasteiger partial charge in [-0.25, -0.2) is 8.42 Å². The normalized spacial score (nSPS) is 12.4. The van der Waals surface area contributed by atoms with E-state index in [1.807, 2.05) is 12.1 Å². The minimum Gasteiger partial charge on any atom is -0.387 e. The van der Waals surface area contributed by atoms with Crippen molar-refractivity contribution in [2.24, 2.45) is 0 Å². The molecule has 0 radical (unpaired) electrons. The molecule has 2 aromatic carbocycles. The van der Waals surface area contributed by atoms with E-state index in [1.165, 1.54) is 31.3 Å². The van der Waals surface area contributed by atoms with Crippen LogP contribution in [0.3, 0.4) is 0 Å². The molecule has 1 atom stereocenters. The molecule has 0 aliphatic heterocycles. The van der Waals surface area contributed by atoms with Crippen LogP contribution in [0.4, 0.5) is 0 Å². The van der Waals surface area contributed by atoms with Crippen molar-refractivity contribution in [1.82, 2.24) is 9.62 Å². The van der Waals surface area contributed by atoms with Gasteiger partial charge in [0.1, 0.15) is 0 Å². The van der Waals surface area contributed by atoms with Crippen LogP contribution in [0.15, 0.2) is 59.5 Å². The quantitative estimate of drug-likeness (QED) is 0.753. The fourth-order valence-electron chi connectivity index (χ4n) is 2.23. The van der Waals surface area contributed by atoms with Crippen molar-refractivity contribution in [3.63, 3.8) is 0 Å². The highest BCUT2D eigenvalue weighted by molar-refractivity contribution is 7.89. The van der Waals surface area contributed by atoms with Gasteiger partial charge in [-0.3, -0.25) is 4.79 Å². The van der Waals surface area contributed by atoms with Gasteiger partial charge >= 0.3 is 0 Å². The van der Waals surface area contributed by atoms with Gasteiger partial charge in [0.2, 0.25) is 15.9 Å². The van der Waals surface area contributed by atoms with Gasteiger partial charge in [0.05, 0.1) is 29.2 Å². The minimum absolute atomic E-state index is 0.00359. The molecule has 1 amide bonds. The SMILES string of the molecule is CN(CC(=O)NCC(O)c1ccccc1)S(=O)(=O)c1ccc(C#N)cc1. The number of carbonyl (C=O) groups is 1. The van der Waals surface area contributed by atoms with Gasteiger partial charge in [0, 0.05) is 13.6 Å². The van der Waals surface area contributed by atoms with Crippen LogP contribution in [-0.2, 0) is 14.8 Å². The summed E-state index contributed by atoms with van der Waals surface area (Å²) in [6.45, 7) is -0.405. The van der Waals surface area contributed by atoms with Crippen LogP contribution >= 0.6 is 0 Å². The van der Waals surface area contributed by atoms with Crippen molar-refractivity contribution in [2.45, 2.75) is 11.0 Å². The summed E-state index contributed by atoms with van der Waals surface area (Å²) in [6.07, 6.45) is -0.874. The first-order chi connectivity index (χ1) is 12.3. The van der Waals surface area contributed by atoms with Gasteiger partial charge in [0.25, 0.3) is 0 Å². The highest BCUT2D eigenvalue weighted by atomic mass is 32.2. The number of sulfonamides is 1. The summed E-state index contributed by atoms with van der Waals surface area (Å²) >= 11 is 0. The van der Waals surface area contributed by atoms with Gasteiger partial charge in [-0.1, -0.05) is 30.3 Å². The molecule has 0 aliphatic carbocycles. The first kappa shape index (κ1) is 19.6. The Hall–Kier alpha value is -2.73. The second kappa shape index (κ2) is 8.58. The maximum absolute atomic E-state index is 12.4. The third-order valence-corrected chi connectivity index (χ3v) is 5.55. The molecule has 0 saturated carbocycles. The number of amides is 1. The van der Waals surface area contributed by atoms with Crippen LogP contribution in [0.5, 0.6) is 0 Å². The molecule has 0 bridgehead atoms. The predicted molar refractivity (Wildman–Crippen MR) is 95.4 cm³/mol. The molecule has 0 saturated heterocycles. The first-order valence-corrected chi connectivity index (χ1v) is 9.25. The monoisotopic (exact) mass is 373 g/mol. The summed E-state index contributed by atoms with van der Waals surface area (Å²) in [7, 11) is -2.56. The lowest BCUT2D eigenvalue weighted by Gasteiger charge is -2.18. The van der Waals surface area contributed by atoms with Crippen LogP contribution in [0.1, 0.15) is 17.2 Å². The fourth-order valence-corrected chi connectivity index (χ4v) is 3.36. The molecule has 0 heterocycles. The van der Waals surface area contributed by atoms with E-state index in [2.05, 4.69) is 5.32 Å². The summed E-state index contributed by atoms with van der Waals surface area (Å²) in [4.78, 5) is 12.0. The van der Waals surface area contributed by atoms with Crippen molar-refractivity contribution >= 4 is 15.9 Å². The maximum Gasteiger partial charge on any atom is 0.243 e. The Balaban J connectivity index is 1.94. The number of carbonyl (C=O) groups excluding carboxylic acids is 1. The Bertz CT molecular complexity index is 890. The number of aliphatic hydroxyl groups is 1. The lowest BCUT2D eigenvalue weighted by atomic mass is 10.1. The Kier molecular flexibility index (Phi) is 6.46. The smallest absolute Gasteiger partial charge is 0.243 e. The average Bonchev–Trinajstić information content (AvgIpc) is 2.66. The molecule has 0 aromatic heterocycles. The molecule has 2 aromatic rings. The van der Waals surface area contributed by atoms with Crippen molar-refractivity contribution in [3.05, 3.63) is 65.7 Å².